The number of hydrogen-bond donors (Lipinski definition) is 1. The zero-order valence-electron chi connectivity index (χ0n) is 11.1. The molecule has 2 atom stereocenters. The number of piperidine rings is 1. The van der Waals surface area contributed by atoms with Crippen molar-refractivity contribution < 1.29 is 13.2 Å². The van der Waals surface area contributed by atoms with Crippen LogP contribution in [0.25, 0.3) is 0 Å². The third kappa shape index (κ3) is 3.96. The van der Waals surface area contributed by atoms with E-state index in [1.165, 1.54) is 25.0 Å². The van der Waals surface area contributed by atoms with Crippen LogP contribution in [0, 0.1) is 5.92 Å². The van der Waals surface area contributed by atoms with E-state index in [2.05, 4.69) is 12.2 Å². The smallest absolute Gasteiger partial charge is 0.314 e. The molecule has 1 N–H and O–H groups in total. The molecule has 1 nitrogen and oxygen atoms in total. The second-order valence-corrected chi connectivity index (χ2v) is 5.35. The Hall–Kier alpha value is -1.03. The predicted molar refractivity (Wildman–Crippen MR) is 70.0 cm³/mol. The minimum atomic E-state index is -4.24. The van der Waals surface area contributed by atoms with E-state index in [1.54, 1.807) is 12.1 Å². The highest BCUT2D eigenvalue weighted by Crippen LogP contribution is 2.29. The SMILES string of the molecule is CCC1CCNC(Cc2ccc(C(F)(F)F)cc2)C1. The zero-order valence-corrected chi connectivity index (χ0v) is 11.1. The summed E-state index contributed by atoms with van der Waals surface area (Å²) in [5.74, 6) is 0.751. The van der Waals surface area contributed by atoms with E-state index < -0.39 is 11.7 Å². The van der Waals surface area contributed by atoms with Crippen molar-refractivity contribution in [3.8, 4) is 0 Å². The average Bonchev–Trinajstić information content (AvgIpc) is 2.38. The number of benzene rings is 1. The van der Waals surface area contributed by atoms with Crippen molar-refractivity contribution in [2.75, 3.05) is 6.54 Å². The largest absolute Gasteiger partial charge is 0.416 e. The fourth-order valence-corrected chi connectivity index (χ4v) is 2.74. The first-order chi connectivity index (χ1) is 8.99. The van der Waals surface area contributed by atoms with Gasteiger partial charge in [0.05, 0.1) is 5.56 Å². The number of halogens is 3. The van der Waals surface area contributed by atoms with Crippen molar-refractivity contribution in [1.29, 1.82) is 0 Å². The van der Waals surface area contributed by atoms with Gasteiger partial charge in [0.15, 0.2) is 0 Å². The number of alkyl halides is 3. The van der Waals surface area contributed by atoms with Gasteiger partial charge < -0.3 is 5.32 Å². The summed E-state index contributed by atoms with van der Waals surface area (Å²) in [5.41, 5.74) is 0.404. The molecule has 1 aromatic rings. The number of nitrogens with one attached hydrogen (secondary N) is 1. The summed E-state index contributed by atoms with van der Waals surface area (Å²) < 4.78 is 37.4. The topological polar surface area (TPSA) is 12.0 Å². The monoisotopic (exact) mass is 271 g/mol. The van der Waals surface area contributed by atoms with E-state index in [9.17, 15) is 13.2 Å². The molecule has 4 heteroatoms. The van der Waals surface area contributed by atoms with Gasteiger partial charge in [-0.2, -0.15) is 13.2 Å². The molecule has 0 aliphatic carbocycles. The zero-order chi connectivity index (χ0) is 13.9. The van der Waals surface area contributed by atoms with Crippen LogP contribution in [0.5, 0.6) is 0 Å². The van der Waals surface area contributed by atoms with Gasteiger partial charge in [0.2, 0.25) is 0 Å². The molecule has 2 rings (SSSR count). The Kier molecular flexibility index (Phi) is 4.50. The van der Waals surface area contributed by atoms with E-state index in [4.69, 9.17) is 0 Å². The number of hydrogen-bond acceptors (Lipinski definition) is 1. The lowest BCUT2D eigenvalue weighted by Gasteiger charge is -2.30. The van der Waals surface area contributed by atoms with Gasteiger partial charge in [0, 0.05) is 6.04 Å². The van der Waals surface area contributed by atoms with Crippen LogP contribution in [0.2, 0.25) is 0 Å². The molecular weight excluding hydrogens is 251 g/mol. The van der Waals surface area contributed by atoms with Crippen LogP contribution in [0.1, 0.15) is 37.3 Å². The lowest BCUT2D eigenvalue weighted by atomic mass is 9.87. The van der Waals surface area contributed by atoms with Crippen LogP contribution < -0.4 is 5.32 Å². The Bertz CT molecular complexity index is 397. The highest BCUT2D eigenvalue weighted by Gasteiger charge is 2.30. The Morgan fingerprint density at radius 1 is 1.21 bits per heavy atom. The Labute approximate surface area is 112 Å². The third-order valence-corrected chi connectivity index (χ3v) is 3.94. The van der Waals surface area contributed by atoms with E-state index in [-0.39, 0.29) is 0 Å². The van der Waals surface area contributed by atoms with Crippen LogP contribution in [0.3, 0.4) is 0 Å². The number of rotatable bonds is 3. The van der Waals surface area contributed by atoms with Crippen molar-refractivity contribution in [3.63, 3.8) is 0 Å². The van der Waals surface area contributed by atoms with Crippen LogP contribution in [0.15, 0.2) is 24.3 Å². The maximum atomic E-state index is 12.5. The molecule has 19 heavy (non-hydrogen) atoms. The summed E-state index contributed by atoms with van der Waals surface area (Å²) in [5, 5.41) is 3.45. The predicted octanol–water partition coefficient (Wildman–Crippen LogP) is 4.03. The average molecular weight is 271 g/mol. The maximum Gasteiger partial charge on any atom is 0.416 e. The Morgan fingerprint density at radius 3 is 2.47 bits per heavy atom. The summed E-state index contributed by atoms with van der Waals surface area (Å²) >= 11 is 0. The van der Waals surface area contributed by atoms with Crippen molar-refractivity contribution in [3.05, 3.63) is 35.4 Å². The Balaban J connectivity index is 1.96. The van der Waals surface area contributed by atoms with Gasteiger partial charge in [-0.05, 0) is 49.4 Å². The molecule has 1 heterocycles. The van der Waals surface area contributed by atoms with Crippen LogP contribution in [-0.4, -0.2) is 12.6 Å². The third-order valence-electron chi connectivity index (χ3n) is 3.94. The molecule has 0 saturated carbocycles. The van der Waals surface area contributed by atoms with Gasteiger partial charge in [0.1, 0.15) is 0 Å². The standard InChI is InChI=1S/C15H20F3N/c1-2-11-7-8-19-14(9-11)10-12-3-5-13(6-4-12)15(16,17)18/h3-6,11,14,19H,2,7-10H2,1H3. The van der Waals surface area contributed by atoms with E-state index in [0.29, 0.717) is 6.04 Å². The second kappa shape index (κ2) is 5.95. The van der Waals surface area contributed by atoms with Crippen molar-refractivity contribution in [2.24, 2.45) is 5.92 Å². The van der Waals surface area contributed by atoms with Crippen LogP contribution in [0.4, 0.5) is 13.2 Å². The molecule has 0 aromatic heterocycles. The molecule has 0 spiro atoms. The molecule has 0 amide bonds. The van der Waals surface area contributed by atoms with Gasteiger partial charge >= 0.3 is 6.18 Å². The fourth-order valence-electron chi connectivity index (χ4n) is 2.74. The fraction of sp³-hybridized carbons (Fsp3) is 0.600. The summed E-state index contributed by atoms with van der Waals surface area (Å²) in [7, 11) is 0. The van der Waals surface area contributed by atoms with Crippen molar-refractivity contribution >= 4 is 0 Å². The normalized spacial score (nSPS) is 24.4. The van der Waals surface area contributed by atoms with Gasteiger partial charge in [-0.15, -0.1) is 0 Å². The lowest BCUT2D eigenvalue weighted by Crippen LogP contribution is -2.39. The van der Waals surface area contributed by atoms with Gasteiger partial charge in [-0.1, -0.05) is 25.5 Å². The molecular formula is C15H20F3N. The quantitative estimate of drug-likeness (QED) is 0.875. The summed E-state index contributed by atoms with van der Waals surface area (Å²) in [6, 6.07) is 5.95. The second-order valence-electron chi connectivity index (χ2n) is 5.35. The summed E-state index contributed by atoms with van der Waals surface area (Å²) in [6.07, 6.45) is 0.0896. The van der Waals surface area contributed by atoms with Crippen LogP contribution >= 0.6 is 0 Å². The first-order valence-corrected chi connectivity index (χ1v) is 6.88. The molecule has 1 aliphatic heterocycles. The molecule has 106 valence electrons. The molecule has 0 bridgehead atoms. The van der Waals surface area contributed by atoms with Gasteiger partial charge in [-0.3, -0.25) is 0 Å². The van der Waals surface area contributed by atoms with Gasteiger partial charge in [0.25, 0.3) is 0 Å². The summed E-state index contributed by atoms with van der Waals surface area (Å²) in [4.78, 5) is 0. The summed E-state index contributed by atoms with van der Waals surface area (Å²) in [6.45, 7) is 3.22. The molecule has 0 radical (unpaired) electrons. The highest BCUT2D eigenvalue weighted by atomic mass is 19.4. The lowest BCUT2D eigenvalue weighted by molar-refractivity contribution is -0.137. The maximum absolute atomic E-state index is 12.5. The minimum absolute atomic E-state index is 0.399. The molecule has 2 unspecified atom stereocenters. The minimum Gasteiger partial charge on any atom is -0.314 e. The Morgan fingerprint density at radius 2 is 1.89 bits per heavy atom. The van der Waals surface area contributed by atoms with Gasteiger partial charge in [-0.25, -0.2) is 0 Å². The molecule has 1 aliphatic rings. The van der Waals surface area contributed by atoms with E-state index >= 15 is 0 Å². The van der Waals surface area contributed by atoms with Crippen molar-refractivity contribution in [1.82, 2.24) is 5.32 Å². The van der Waals surface area contributed by atoms with E-state index in [0.717, 1.165) is 30.9 Å². The van der Waals surface area contributed by atoms with Crippen molar-refractivity contribution in [2.45, 2.75) is 44.8 Å². The molecule has 1 fully saturated rings. The van der Waals surface area contributed by atoms with Crippen LogP contribution in [-0.2, 0) is 12.6 Å². The van der Waals surface area contributed by atoms with E-state index in [1.807, 2.05) is 0 Å². The first kappa shape index (κ1) is 14.4. The molecule has 1 saturated heterocycles. The first-order valence-electron chi connectivity index (χ1n) is 6.88. The highest BCUT2D eigenvalue weighted by molar-refractivity contribution is 5.25. The molecule has 1 aromatic carbocycles.